The van der Waals surface area contributed by atoms with E-state index >= 15 is 0 Å². The molecule has 3 heterocycles. The molecule has 32 heavy (non-hydrogen) atoms. The molecule has 1 saturated heterocycles. The Bertz CT molecular complexity index is 1100. The van der Waals surface area contributed by atoms with Crippen LogP contribution in [0.15, 0.2) is 36.4 Å². The molecule has 0 atom stereocenters. The first kappa shape index (κ1) is 22.3. The van der Waals surface area contributed by atoms with E-state index in [9.17, 15) is 30.7 Å². The Morgan fingerprint density at radius 2 is 1.56 bits per heavy atom. The fourth-order valence-electron chi connectivity index (χ4n) is 3.92. The molecule has 2 aromatic heterocycles. The zero-order valence-corrected chi connectivity index (χ0v) is 16.5. The van der Waals surface area contributed by atoms with Gasteiger partial charge in [-0.05, 0) is 43.6 Å². The zero-order chi connectivity index (χ0) is 23.1. The summed E-state index contributed by atoms with van der Waals surface area (Å²) in [6.07, 6.45) is -8.50. The molecular formula is C20H18F7N5. The van der Waals surface area contributed by atoms with E-state index in [4.69, 9.17) is 0 Å². The average Bonchev–Trinajstić information content (AvgIpc) is 3.17. The molecule has 0 unspecified atom stereocenters. The van der Waals surface area contributed by atoms with Crippen molar-refractivity contribution in [2.45, 2.75) is 30.6 Å². The lowest BCUT2D eigenvalue weighted by Crippen LogP contribution is -2.44. The van der Waals surface area contributed by atoms with Crippen LogP contribution in [0.5, 0.6) is 0 Å². The number of alkyl halides is 6. The quantitative estimate of drug-likeness (QED) is 0.556. The number of anilines is 1. The lowest BCUT2D eigenvalue weighted by molar-refractivity contribution is -0.142. The fourth-order valence-corrected chi connectivity index (χ4v) is 3.92. The van der Waals surface area contributed by atoms with Crippen molar-refractivity contribution in [3.05, 3.63) is 59.2 Å². The Hall–Kier alpha value is -2.89. The van der Waals surface area contributed by atoms with Crippen LogP contribution in [0.2, 0.25) is 0 Å². The maximum Gasteiger partial charge on any atom is 0.435 e. The fraction of sp³-hybridized carbons (Fsp3) is 0.400. The molecule has 2 N–H and O–H groups in total. The summed E-state index contributed by atoms with van der Waals surface area (Å²) < 4.78 is 93.4. The van der Waals surface area contributed by atoms with Crippen molar-refractivity contribution in [3.63, 3.8) is 0 Å². The van der Waals surface area contributed by atoms with Gasteiger partial charge in [-0.3, -0.25) is 0 Å². The van der Waals surface area contributed by atoms with Crippen LogP contribution in [-0.2, 0) is 17.8 Å². The lowest BCUT2D eigenvalue weighted by atomic mass is 9.73. The lowest BCUT2D eigenvalue weighted by Gasteiger charge is -2.38. The van der Waals surface area contributed by atoms with Gasteiger partial charge in [-0.25, -0.2) is 9.37 Å². The second-order valence-electron chi connectivity index (χ2n) is 7.71. The molecular weight excluding hydrogens is 443 g/mol. The van der Waals surface area contributed by atoms with E-state index in [0.29, 0.717) is 38.1 Å². The number of piperidine rings is 1. The maximum absolute atomic E-state index is 13.4. The first-order valence-electron chi connectivity index (χ1n) is 9.74. The number of rotatable bonds is 4. The summed E-state index contributed by atoms with van der Waals surface area (Å²) in [7, 11) is 0. The summed E-state index contributed by atoms with van der Waals surface area (Å²) in [4.78, 5) is 3.31. The summed E-state index contributed by atoms with van der Waals surface area (Å²) in [6, 6.07) is 6.94. The van der Waals surface area contributed by atoms with Gasteiger partial charge in [0.1, 0.15) is 11.6 Å². The van der Waals surface area contributed by atoms with Gasteiger partial charge in [0.15, 0.2) is 17.0 Å². The minimum atomic E-state index is -4.86. The van der Waals surface area contributed by atoms with E-state index in [-0.39, 0.29) is 12.4 Å². The van der Waals surface area contributed by atoms with Gasteiger partial charge >= 0.3 is 12.4 Å². The molecule has 4 rings (SSSR count). The number of aromatic nitrogens is 3. The molecule has 1 fully saturated rings. The Morgan fingerprint density at radius 1 is 0.938 bits per heavy atom. The highest BCUT2D eigenvalue weighted by atomic mass is 19.4. The van der Waals surface area contributed by atoms with Gasteiger partial charge in [0, 0.05) is 24.1 Å². The van der Waals surface area contributed by atoms with Crippen molar-refractivity contribution in [1.29, 1.82) is 0 Å². The third-order valence-corrected chi connectivity index (χ3v) is 5.63. The zero-order valence-electron chi connectivity index (χ0n) is 16.5. The van der Waals surface area contributed by atoms with E-state index < -0.39 is 40.6 Å². The van der Waals surface area contributed by atoms with Crippen molar-refractivity contribution in [2.24, 2.45) is 0 Å². The molecule has 0 bridgehead atoms. The molecule has 1 aromatic carbocycles. The normalized spacial score (nSPS) is 17.0. The molecule has 1 aliphatic rings. The molecule has 0 amide bonds. The summed E-state index contributed by atoms with van der Waals surface area (Å²) in [6.45, 7) is 1.36. The summed E-state index contributed by atoms with van der Waals surface area (Å²) >= 11 is 0. The largest absolute Gasteiger partial charge is 0.435 e. The van der Waals surface area contributed by atoms with E-state index in [1.54, 1.807) is 12.1 Å². The molecule has 0 radical (unpaired) electrons. The number of nitrogens with one attached hydrogen (secondary N) is 2. The van der Waals surface area contributed by atoms with Crippen LogP contribution < -0.4 is 10.6 Å². The highest BCUT2D eigenvalue weighted by Gasteiger charge is 2.38. The Labute approximate surface area is 177 Å². The number of hydrogen-bond acceptors (Lipinski definition) is 4. The third-order valence-electron chi connectivity index (χ3n) is 5.63. The molecule has 5 nitrogen and oxygen atoms in total. The minimum Gasteiger partial charge on any atom is -0.369 e. The van der Waals surface area contributed by atoms with Crippen LogP contribution >= 0.6 is 0 Å². The third kappa shape index (κ3) is 4.36. The van der Waals surface area contributed by atoms with Crippen LogP contribution in [0.25, 0.3) is 5.65 Å². The molecule has 0 aliphatic carbocycles. The van der Waals surface area contributed by atoms with E-state index in [1.807, 2.05) is 0 Å². The first-order valence-corrected chi connectivity index (χ1v) is 9.74. The van der Waals surface area contributed by atoms with Crippen LogP contribution in [0.1, 0.15) is 29.8 Å². The van der Waals surface area contributed by atoms with Gasteiger partial charge in [-0.1, -0.05) is 12.1 Å². The Morgan fingerprint density at radius 3 is 2.16 bits per heavy atom. The average molecular weight is 461 g/mol. The van der Waals surface area contributed by atoms with Gasteiger partial charge in [0.05, 0.1) is 0 Å². The standard InChI is InChI=1S/C20H18F7N5/c21-13-3-1-12(2-4-13)18(5-7-28-8-6-18)11-29-16-9-14(19(22,23)24)30-17-10-15(20(25,26)27)31-32(16)17/h1-4,9-10,28-29H,5-8,11H2. The van der Waals surface area contributed by atoms with Gasteiger partial charge < -0.3 is 10.6 Å². The van der Waals surface area contributed by atoms with Gasteiger partial charge in [-0.2, -0.15) is 36.0 Å². The molecule has 3 aromatic rings. The monoisotopic (exact) mass is 461 g/mol. The maximum atomic E-state index is 13.4. The van der Waals surface area contributed by atoms with Crippen molar-refractivity contribution in [1.82, 2.24) is 19.9 Å². The summed E-state index contributed by atoms with van der Waals surface area (Å²) in [5, 5.41) is 9.47. The van der Waals surface area contributed by atoms with Crippen molar-refractivity contribution < 1.29 is 30.7 Å². The smallest absolute Gasteiger partial charge is 0.369 e. The Balaban J connectivity index is 1.74. The van der Waals surface area contributed by atoms with Crippen molar-refractivity contribution in [2.75, 3.05) is 25.0 Å². The predicted octanol–water partition coefficient (Wildman–Crippen LogP) is 4.64. The van der Waals surface area contributed by atoms with E-state index in [2.05, 4.69) is 20.7 Å². The molecule has 12 heteroatoms. The Kier molecular flexibility index (Phi) is 5.51. The number of nitrogens with zero attached hydrogens (tertiary/aromatic N) is 3. The highest BCUT2D eigenvalue weighted by molar-refractivity contribution is 5.52. The second kappa shape index (κ2) is 7.91. The molecule has 0 saturated carbocycles. The van der Waals surface area contributed by atoms with E-state index in [0.717, 1.165) is 10.1 Å². The van der Waals surface area contributed by atoms with Crippen LogP contribution in [0, 0.1) is 5.82 Å². The van der Waals surface area contributed by atoms with Crippen LogP contribution in [0.4, 0.5) is 36.6 Å². The van der Waals surface area contributed by atoms with Crippen LogP contribution in [0.3, 0.4) is 0 Å². The highest BCUT2D eigenvalue weighted by Crippen LogP contribution is 2.36. The first-order chi connectivity index (χ1) is 15.0. The molecule has 172 valence electrons. The topological polar surface area (TPSA) is 54.2 Å². The number of halogens is 7. The van der Waals surface area contributed by atoms with Crippen molar-refractivity contribution >= 4 is 11.5 Å². The second-order valence-corrected chi connectivity index (χ2v) is 7.71. The minimum absolute atomic E-state index is 0.109. The SMILES string of the molecule is Fc1ccc(C2(CNc3cc(C(F)(F)F)nc4cc(C(F)(F)F)nn34)CCNCC2)cc1. The van der Waals surface area contributed by atoms with Crippen molar-refractivity contribution in [3.8, 4) is 0 Å². The summed E-state index contributed by atoms with van der Waals surface area (Å²) in [5.74, 6) is -0.689. The van der Waals surface area contributed by atoms with Gasteiger partial charge in [-0.15, -0.1) is 0 Å². The number of benzene rings is 1. The predicted molar refractivity (Wildman–Crippen MR) is 102 cm³/mol. The number of fused-ring (bicyclic) bond motifs is 1. The molecule has 1 aliphatic heterocycles. The van der Waals surface area contributed by atoms with Crippen LogP contribution in [-0.4, -0.2) is 34.2 Å². The molecule has 0 spiro atoms. The van der Waals surface area contributed by atoms with Gasteiger partial charge in [0.2, 0.25) is 0 Å². The van der Waals surface area contributed by atoms with E-state index in [1.165, 1.54) is 12.1 Å². The summed E-state index contributed by atoms with van der Waals surface area (Å²) in [5.41, 5.74) is -3.03. The number of hydrogen-bond donors (Lipinski definition) is 2. The van der Waals surface area contributed by atoms with Gasteiger partial charge in [0.25, 0.3) is 0 Å².